The highest BCUT2D eigenvalue weighted by atomic mass is 35.5. The van der Waals surface area contributed by atoms with Crippen LogP contribution in [0.15, 0.2) is 24.3 Å². The van der Waals surface area contributed by atoms with Crippen LogP contribution in [-0.4, -0.2) is 23.2 Å². The van der Waals surface area contributed by atoms with Gasteiger partial charge in [-0.2, -0.15) is 0 Å². The van der Waals surface area contributed by atoms with Crippen molar-refractivity contribution in [2.45, 2.75) is 31.5 Å². The van der Waals surface area contributed by atoms with Gasteiger partial charge in [-0.15, -0.1) is 12.4 Å². The molecule has 1 aromatic rings. The summed E-state index contributed by atoms with van der Waals surface area (Å²) in [7, 11) is 0. The minimum Gasteiger partial charge on any atom is -0.390 e. The van der Waals surface area contributed by atoms with E-state index in [-0.39, 0.29) is 24.4 Å². The van der Waals surface area contributed by atoms with Crippen molar-refractivity contribution in [2.75, 3.05) is 0 Å². The maximum Gasteiger partial charge on any atom is 0.237 e. The van der Waals surface area contributed by atoms with E-state index in [0.29, 0.717) is 6.42 Å². The Labute approximate surface area is 107 Å². The van der Waals surface area contributed by atoms with Crippen LogP contribution < -0.4 is 11.1 Å². The van der Waals surface area contributed by atoms with Crippen molar-refractivity contribution >= 4 is 18.3 Å². The van der Waals surface area contributed by atoms with Crippen LogP contribution in [0.1, 0.15) is 24.1 Å². The minimum atomic E-state index is -0.556. The predicted octanol–water partition coefficient (Wildman–Crippen LogP) is 0.530. The summed E-state index contributed by atoms with van der Waals surface area (Å²) < 4.78 is 0. The van der Waals surface area contributed by atoms with Crippen molar-refractivity contribution in [1.82, 2.24) is 5.32 Å². The smallest absolute Gasteiger partial charge is 0.237 e. The lowest BCUT2D eigenvalue weighted by atomic mass is 10.1. The highest BCUT2D eigenvalue weighted by Gasteiger charge is 2.32. The van der Waals surface area contributed by atoms with Crippen LogP contribution in [0.3, 0.4) is 0 Å². The molecule has 0 heterocycles. The summed E-state index contributed by atoms with van der Waals surface area (Å²) in [6.45, 7) is 1.63. The van der Waals surface area contributed by atoms with Gasteiger partial charge in [0.2, 0.25) is 5.91 Å². The second-order valence-electron chi connectivity index (χ2n) is 4.25. The zero-order valence-electron chi connectivity index (χ0n) is 9.59. The van der Waals surface area contributed by atoms with Gasteiger partial charge < -0.3 is 16.2 Å². The highest BCUT2D eigenvalue weighted by molar-refractivity contribution is 5.85. The first-order valence-electron chi connectivity index (χ1n) is 5.41. The third kappa shape index (κ3) is 2.77. The second kappa shape index (κ2) is 5.49. The van der Waals surface area contributed by atoms with Crippen molar-refractivity contribution in [1.29, 1.82) is 0 Å². The highest BCUT2D eigenvalue weighted by Crippen LogP contribution is 2.31. The van der Waals surface area contributed by atoms with Gasteiger partial charge in [0.1, 0.15) is 0 Å². The number of hydrogen-bond acceptors (Lipinski definition) is 3. The summed E-state index contributed by atoms with van der Waals surface area (Å²) in [5.41, 5.74) is 7.56. The van der Waals surface area contributed by atoms with Crippen molar-refractivity contribution in [3.8, 4) is 0 Å². The number of aliphatic hydroxyl groups excluding tert-OH is 1. The largest absolute Gasteiger partial charge is 0.390 e. The molecule has 0 aliphatic heterocycles. The molecule has 0 spiro atoms. The molecule has 3 atom stereocenters. The average molecular weight is 257 g/mol. The van der Waals surface area contributed by atoms with Gasteiger partial charge in [-0.05, 0) is 18.1 Å². The second-order valence-corrected chi connectivity index (χ2v) is 4.25. The maximum absolute atomic E-state index is 11.5. The van der Waals surface area contributed by atoms with E-state index in [0.717, 1.165) is 11.1 Å². The maximum atomic E-state index is 11.5. The van der Waals surface area contributed by atoms with Gasteiger partial charge in [-0.25, -0.2) is 0 Å². The quantitative estimate of drug-likeness (QED) is 0.723. The molecule has 4 N–H and O–H groups in total. The molecule has 94 valence electrons. The molecule has 0 saturated heterocycles. The predicted molar refractivity (Wildman–Crippen MR) is 67.9 cm³/mol. The summed E-state index contributed by atoms with van der Waals surface area (Å²) in [6, 6.07) is 6.85. The number of carbonyl (C=O) groups is 1. The van der Waals surface area contributed by atoms with Crippen LogP contribution in [0.2, 0.25) is 0 Å². The number of nitrogens with one attached hydrogen (secondary N) is 1. The number of benzene rings is 1. The number of rotatable bonds is 2. The van der Waals surface area contributed by atoms with E-state index in [1.54, 1.807) is 6.92 Å². The molecular formula is C12H17ClN2O2. The first kappa shape index (κ1) is 14.0. The molecule has 0 bridgehead atoms. The Balaban J connectivity index is 0.00000144. The Kier molecular flexibility index (Phi) is 4.51. The standard InChI is InChI=1S/C12H16N2O2.ClH/c1-7(13)12(16)14-11-9-5-3-2-4-8(9)6-10(11)15;/h2-5,7,10-11,15H,6,13H2,1H3,(H,14,16);1H/t7?,10-,11+;/m1./s1. The van der Waals surface area contributed by atoms with Crippen molar-refractivity contribution < 1.29 is 9.90 Å². The van der Waals surface area contributed by atoms with E-state index in [1.165, 1.54) is 0 Å². The fourth-order valence-electron chi connectivity index (χ4n) is 2.03. The third-order valence-corrected chi connectivity index (χ3v) is 2.92. The molecule has 4 nitrogen and oxygen atoms in total. The van der Waals surface area contributed by atoms with Crippen LogP contribution in [0.25, 0.3) is 0 Å². The first-order chi connectivity index (χ1) is 7.59. The topological polar surface area (TPSA) is 75.4 Å². The van der Waals surface area contributed by atoms with E-state index in [4.69, 9.17) is 5.73 Å². The number of aliphatic hydroxyl groups is 1. The van der Waals surface area contributed by atoms with E-state index in [2.05, 4.69) is 5.32 Å². The zero-order valence-corrected chi connectivity index (χ0v) is 10.4. The first-order valence-corrected chi connectivity index (χ1v) is 5.41. The lowest BCUT2D eigenvalue weighted by Crippen LogP contribution is -2.42. The number of amides is 1. The Hall–Kier alpha value is -1.10. The third-order valence-electron chi connectivity index (χ3n) is 2.92. The fourth-order valence-corrected chi connectivity index (χ4v) is 2.03. The van der Waals surface area contributed by atoms with Crippen LogP contribution >= 0.6 is 12.4 Å². The van der Waals surface area contributed by atoms with E-state index < -0.39 is 12.1 Å². The fraction of sp³-hybridized carbons (Fsp3) is 0.417. The van der Waals surface area contributed by atoms with Crippen LogP contribution in [-0.2, 0) is 11.2 Å². The van der Waals surface area contributed by atoms with Gasteiger partial charge in [-0.3, -0.25) is 4.79 Å². The van der Waals surface area contributed by atoms with E-state index in [9.17, 15) is 9.90 Å². The monoisotopic (exact) mass is 256 g/mol. The Morgan fingerprint density at radius 3 is 2.82 bits per heavy atom. The molecular weight excluding hydrogens is 240 g/mol. The summed E-state index contributed by atoms with van der Waals surface area (Å²) in [6.07, 6.45) is 0.0279. The van der Waals surface area contributed by atoms with Gasteiger partial charge in [0.15, 0.2) is 0 Å². The van der Waals surface area contributed by atoms with Gasteiger partial charge in [0.25, 0.3) is 0 Å². The molecule has 5 heteroatoms. The summed E-state index contributed by atoms with van der Waals surface area (Å²) in [5.74, 6) is -0.235. The molecule has 0 aromatic heterocycles. The number of halogens is 1. The van der Waals surface area contributed by atoms with Gasteiger partial charge >= 0.3 is 0 Å². The van der Waals surface area contributed by atoms with Crippen LogP contribution in [0, 0.1) is 0 Å². The summed E-state index contributed by atoms with van der Waals surface area (Å²) >= 11 is 0. The normalized spacial score (nSPS) is 23.5. The summed E-state index contributed by atoms with van der Waals surface area (Å²) in [5, 5.41) is 12.7. The van der Waals surface area contributed by atoms with Gasteiger partial charge in [-0.1, -0.05) is 24.3 Å². The zero-order chi connectivity index (χ0) is 11.7. The Morgan fingerprint density at radius 1 is 1.53 bits per heavy atom. The molecule has 0 radical (unpaired) electrons. The Bertz CT molecular complexity index is 409. The Morgan fingerprint density at radius 2 is 2.18 bits per heavy atom. The van der Waals surface area contributed by atoms with Crippen LogP contribution in [0.4, 0.5) is 0 Å². The molecule has 1 amide bonds. The lowest BCUT2D eigenvalue weighted by Gasteiger charge is -2.19. The van der Waals surface area contributed by atoms with Gasteiger partial charge in [0, 0.05) is 6.42 Å². The number of fused-ring (bicyclic) bond motifs is 1. The van der Waals surface area contributed by atoms with Crippen molar-refractivity contribution in [3.63, 3.8) is 0 Å². The van der Waals surface area contributed by atoms with Gasteiger partial charge in [0.05, 0.1) is 18.2 Å². The average Bonchev–Trinajstić information content (AvgIpc) is 2.55. The molecule has 1 aliphatic rings. The molecule has 1 aromatic carbocycles. The molecule has 17 heavy (non-hydrogen) atoms. The number of hydrogen-bond donors (Lipinski definition) is 3. The number of nitrogens with two attached hydrogens (primary N) is 1. The minimum absolute atomic E-state index is 0. The molecule has 2 rings (SSSR count). The SMILES string of the molecule is CC(N)C(=O)N[C@H]1c2ccccc2C[C@H]1O.Cl. The van der Waals surface area contributed by atoms with E-state index in [1.807, 2.05) is 24.3 Å². The van der Waals surface area contributed by atoms with Crippen molar-refractivity contribution in [2.24, 2.45) is 5.73 Å². The number of carbonyl (C=O) groups excluding carboxylic acids is 1. The summed E-state index contributed by atoms with van der Waals surface area (Å²) in [4.78, 5) is 11.5. The molecule has 1 aliphatic carbocycles. The van der Waals surface area contributed by atoms with E-state index >= 15 is 0 Å². The molecule has 0 saturated carbocycles. The molecule has 1 unspecified atom stereocenters. The molecule has 0 fully saturated rings. The van der Waals surface area contributed by atoms with Crippen molar-refractivity contribution in [3.05, 3.63) is 35.4 Å². The van der Waals surface area contributed by atoms with Crippen LogP contribution in [0.5, 0.6) is 0 Å². The lowest BCUT2D eigenvalue weighted by molar-refractivity contribution is -0.123.